The molecular weight excluding hydrogens is 216 g/mol. The van der Waals surface area contributed by atoms with E-state index in [1.165, 1.54) is 0 Å². The first-order valence-electron chi connectivity index (χ1n) is 5.45. The Kier molecular flexibility index (Phi) is 3.18. The summed E-state index contributed by atoms with van der Waals surface area (Å²) in [6.45, 7) is 0.510. The molecule has 0 unspecified atom stereocenters. The van der Waals surface area contributed by atoms with Gasteiger partial charge in [-0.05, 0) is 19.9 Å². The third-order valence-corrected chi connectivity index (χ3v) is 2.88. The molecule has 1 aliphatic rings. The molecule has 1 saturated carbocycles. The van der Waals surface area contributed by atoms with Crippen molar-refractivity contribution in [2.75, 3.05) is 7.05 Å². The SMILES string of the molecule is CNCc1nnc(C2CCC(F)(F)CC2)o1. The Balaban J connectivity index is 1.97. The number of nitrogens with one attached hydrogen (secondary N) is 1. The fraction of sp³-hybridized carbons (Fsp3) is 0.800. The van der Waals surface area contributed by atoms with E-state index < -0.39 is 5.92 Å². The lowest BCUT2D eigenvalue weighted by Gasteiger charge is -2.25. The molecule has 1 fully saturated rings. The topological polar surface area (TPSA) is 51.0 Å². The average Bonchev–Trinajstić information content (AvgIpc) is 2.67. The first-order valence-corrected chi connectivity index (χ1v) is 5.45. The van der Waals surface area contributed by atoms with Crippen LogP contribution in [0.25, 0.3) is 0 Å². The minimum Gasteiger partial charge on any atom is -0.424 e. The normalized spacial score (nSPS) is 21.2. The molecule has 1 aromatic rings. The lowest BCUT2D eigenvalue weighted by atomic mass is 9.87. The van der Waals surface area contributed by atoms with E-state index in [2.05, 4.69) is 15.5 Å². The van der Waals surface area contributed by atoms with Crippen LogP contribution in [0.15, 0.2) is 4.42 Å². The average molecular weight is 231 g/mol. The van der Waals surface area contributed by atoms with Crippen molar-refractivity contribution in [3.05, 3.63) is 11.8 Å². The van der Waals surface area contributed by atoms with E-state index in [1.807, 2.05) is 0 Å². The highest BCUT2D eigenvalue weighted by molar-refractivity contribution is 4.95. The summed E-state index contributed by atoms with van der Waals surface area (Å²) in [6.07, 6.45) is 0.686. The number of hydrogen-bond acceptors (Lipinski definition) is 4. The van der Waals surface area contributed by atoms with Gasteiger partial charge in [0.25, 0.3) is 0 Å². The van der Waals surface area contributed by atoms with Crippen molar-refractivity contribution in [2.45, 2.75) is 44.1 Å². The second-order valence-electron chi connectivity index (χ2n) is 4.19. The van der Waals surface area contributed by atoms with Gasteiger partial charge in [-0.3, -0.25) is 0 Å². The van der Waals surface area contributed by atoms with Crippen molar-refractivity contribution in [3.8, 4) is 0 Å². The minimum atomic E-state index is -2.51. The Morgan fingerprint density at radius 2 is 2.06 bits per heavy atom. The van der Waals surface area contributed by atoms with Crippen molar-refractivity contribution < 1.29 is 13.2 Å². The van der Waals surface area contributed by atoms with Crippen molar-refractivity contribution >= 4 is 0 Å². The fourth-order valence-corrected chi connectivity index (χ4v) is 1.94. The van der Waals surface area contributed by atoms with Gasteiger partial charge in [-0.2, -0.15) is 0 Å². The second kappa shape index (κ2) is 4.45. The van der Waals surface area contributed by atoms with Gasteiger partial charge in [0, 0.05) is 18.8 Å². The molecule has 6 heteroatoms. The highest BCUT2D eigenvalue weighted by Crippen LogP contribution is 2.40. The monoisotopic (exact) mass is 231 g/mol. The van der Waals surface area contributed by atoms with E-state index >= 15 is 0 Å². The molecular formula is C10H15F2N3O. The van der Waals surface area contributed by atoms with E-state index in [4.69, 9.17) is 4.42 Å². The number of hydrogen-bond donors (Lipinski definition) is 1. The first kappa shape index (κ1) is 11.4. The van der Waals surface area contributed by atoms with Gasteiger partial charge < -0.3 is 9.73 Å². The van der Waals surface area contributed by atoms with Crippen LogP contribution in [0.3, 0.4) is 0 Å². The van der Waals surface area contributed by atoms with Gasteiger partial charge in [-0.1, -0.05) is 0 Å². The summed E-state index contributed by atoms with van der Waals surface area (Å²) in [5.41, 5.74) is 0. The molecule has 1 N–H and O–H groups in total. The Hall–Kier alpha value is -1.04. The first-order chi connectivity index (χ1) is 7.61. The summed E-state index contributed by atoms with van der Waals surface area (Å²) in [7, 11) is 1.78. The molecule has 0 bridgehead atoms. The van der Waals surface area contributed by atoms with Crippen LogP contribution in [0.1, 0.15) is 43.4 Å². The third kappa shape index (κ3) is 2.55. The maximum atomic E-state index is 12.9. The molecule has 0 aromatic carbocycles. The molecule has 1 heterocycles. The van der Waals surface area contributed by atoms with Gasteiger partial charge >= 0.3 is 0 Å². The highest BCUT2D eigenvalue weighted by atomic mass is 19.3. The Morgan fingerprint density at radius 3 is 2.69 bits per heavy atom. The van der Waals surface area contributed by atoms with Gasteiger partial charge in [0.15, 0.2) is 0 Å². The van der Waals surface area contributed by atoms with Crippen LogP contribution >= 0.6 is 0 Å². The molecule has 0 spiro atoms. The zero-order valence-corrected chi connectivity index (χ0v) is 9.17. The summed E-state index contributed by atoms with van der Waals surface area (Å²) in [5, 5.41) is 10.7. The number of rotatable bonds is 3. The summed E-state index contributed by atoms with van der Waals surface area (Å²) < 4.78 is 31.3. The van der Waals surface area contributed by atoms with Crippen molar-refractivity contribution in [3.63, 3.8) is 0 Å². The number of aromatic nitrogens is 2. The predicted octanol–water partition coefficient (Wildman–Crippen LogP) is 2.08. The van der Waals surface area contributed by atoms with Crippen LogP contribution in [-0.4, -0.2) is 23.2 Å². The van der Waals surface area contributed by atoms with Crippen LogP contribution in [0.5, 0.6) is 0 Å². The summed E-state index contributed by atoms with van der Waals surface area (Å²) in [6, 6.07) is 0. The van der Waals surface area contributed by atoms with Crippen molar-refractivity contribution in [1.29, 1.82) is 0 Å². The Morgan fingerprint density at radius 1 is 1.38 bits per heavy atom. The van der Waals surface area contributed by atoms with Crippen LogP contribution in [0.2, 0.25) is 0 Å². The van der Waals surface area contributed by atoms with Gasteiger partial charge in [0.1, 0.15) is 0 Å². The van der Waals surface area contributed by atoms with E-state index in [0.717, 1.165) is 0 Å². The molecule has 0 saturated heterocycles. The number of nitrogens with zero attached hydrogens (tertiary/aromatic N) is 2. The largest absolute Gasteiger partial charge is 0.424 e. The van der Waals surface area contributed by atoms with Crippen LogP contribution in [0.4, 0.5) is 8.78 Å². The lowest BCUT2D eigenvalue weighted by Crippen LogP contribution is -2.23. The molecule has 0 radical (unpaired) electrons. The van der Waals surface area contributed by atoms with E-state index in [1.54, 1.807) is 7.05 Å². The minimum absolute atomic E-state index is 0.00210. The van der Waals surface area contributed by atoms with E-state index in [0.29, 0.717) is 31.2 Å². The maximum Gasteiger partial charge on any atom is 0.248 e. The molecule has 0 aliphatic heterocycles. The van der Waals surface area contributed by atoms with Crippen LogP contribution in [0, 0.1) is 0 Å². The fourth-order valence-electron chi connectivity index (χ4n) is 1.94. The lowest BCUT2D eigenvalue weighted by molar-refractivity contribution is -0.0399. The molecule has 1 aliphatic carbocycles. The van der Waals surface area contributed by atoms with Crippen molar-refractivity contribution in [1.82, 2.24) is 15.5 Å². The zero-order chi connectivity index (χ0) is 11.6. The third-order valence-electron chi connectivity index (χ3n) is 2.88. The van der Waals surface area contributed by atoms with Crippen LogP contribution in [-0.2, 0) is 6.54 Å². The molecule has 2 rings (SSSR count). The summed E-state index contributed by atoms with van der Waals surface area (Å²) in [4.78, 5) is 0. The molecule has 0 amide bonds. The quantitative estimate of drug-likeness (QED) is 0.865. The summed E-state index contributed by atoms with van der Waals surface area (Å²) >= 11 is 0. The van der Waals surface area contributed by atoms with Gasteiger partial charge in [0.2, 0.25) is 17.7 Å². The van der Waals surface area contributed by atoms with Gasteiger partial charge in [0.05, 0.1) is 6.54 Å². The highest BCUT2D eigenvalue weighted by Gasteiger charge is 2.37. The van der Waals surface area contributed by atoms with Gasteiger partial charge in [-0.15, -0.1) is 10.2 Å². The van der Waals surface area contributed by atoms with Crippen LogP contribution < -0.4 is 5.32 Å². The van der Waals surface area contributed by atoms with Gasteiger partial charge in [-0.25, -0.2) is 8.78 Å². The second-order valence-corrected chi connectivity index (χ2v) is 4.19. The molecule has 4 nitrogen and oxygen atoms in total. The maximum absolute atomic E-state index is 12.9. The zero-order valence-electron chi connectivity index (χ0n) is 9.17. The summed E-state index contributed by atoms with van der Waals surface area (Å²) in [5.74, 6) is -1.50. The number of alkyl halides is 2. The van der Waals surface area contributed by atoms with E-state index in [-0.39, 0.29) is 18.8 Å². The Bertz CT molecular complexity index is 344. The molecule has 0 atom stereocenters. The standard InChI is InChI=1S/C10H15F2N3O/c1-13-6-8-14-15-9(16-8)7-2-4-10(11,12)5-3-7/h7,13H,2-6H2,1H3. The molecule has 90 valence electrons. The van der Waals surface area contributed by atoms with Crippen molar-refractivity contribution in [2.24, 2.45) is 0 Å². The smallest absolute Gasteiger partial charge is 0.248 e. The number of halogens is 2. The van der Waals surface area contributed by atoms with E-state index in [9.17, 15) is 8.78 Å². The predicted molar refractivity (Wildman–Crippen MR) is 53.2 cm³/mol. The molecule has 1 aromatic heterocycles. The molecule has 16 heavy (non-hydrogen) atoms. The Labute approximate surface area is 92.4 Å².